The average molecular weight is 133 g/mol. The Morgan fingerprint density at radius 1 is 1.29 bits per heavy atom. The van der Waals surface area contributed by atoms with Gasteiger partial charge >= 0.3 is 51.1 Å². The van der Waals surface area contributed by atoms with E-state index in [0.29, 0.717) is 0 Å². The first kappa shape index (κ1) is 10.2. The van der Waals surface area contributed by atoms with E-state index >= 15 is 0 Å². The van der Waals surface area contributed by atoms with Crippen molar-refractivity contribution in [3.63, 3.8) is 0 Å². The molecule has 0 aromatic rings. The summed E-state index contributed by atoms with van der Waals surface area (Å²) in [5.41, 5.74) is 0. The first-order chi connectivity index (χ1) is 2.64. The van der Waals surface area contributed by atoms with E-state index in [2.05, 4.69) is 0 Å². The molecule has 0 fully saturated rings. The molecule has 5 heteroatoms. The molecule has 0 aromatic heterocycles. The van der Waals surface area contributed by atoms with Crippen LogP contribution in [0.5, 0.6) is 0 Å². The molecule has 0 radical (unpaired) electrons. The van der Waals surface area contributed by atoms with Crippen molar-refractivity contribution in [2.75, 3.05) is 0 Å². The Balaban J connectivity index is -0.0000000208. The molecule has 0 aliphatic carbocycles. The largest absolute Gasteiger partial charge is 2.00 e. The molecule has 0 rings (SSSR count). The van der Waals surface area contributed by atoms with Crippen LogP contribution in [0.2, 0.25) is 0 Å². The molecule has 7 heavy (non-hydrogen) atoms. The van der Waals surface area contributed by atoms with Gasteiger partial charge in [-0.15, -0.1) is 0 Å². The second-order valence-corrected chi connectivity index (χ2v) is 0.610. The van der Waals surface area contributed by atoms with E-state index in [1.54, 1.807) is 0 Å². The van der Waals surface area contributed by atoms with Crippen LogP contribution in [-0.4, -0.2) is 59.9 Å². The number of hydrogen-bond acceptors (Lipinski definition) is 2. The summed E-state index contributed by atoms with van der Waals surface area (Å²) in [4.78, 5) is 18.2. The maximum atomic E-state index is 9.10. The van der Waals surface area contributed by atoms with Gasteiger partial charge < -0.3 is 13.1 Å². The van der Waals surface area contributed by atoms with Gasteiger partial charge in [0.15, 0.2) is 0 Å². The van der Waals surface area contributed by atoms with Crippen LogP contribution in [0.1, 0.15) is 4.28 Å². The molecule has 0 amide bonds. The molecule has 0 aliphatic rings. The summed E-state index contributed by atoms with van der Waals surface area (Å²) in [6.07, 6.45) is 0. The maximum Gasteiger partial charge on any atom is 2.00 e. The number of rotatable bonds is 0. The van der Waals surface area contributed by atoms with Crippen LogP contribution >= 0.6 is 0 Å². The van der Waals surface area contributed by atoms with Gasteiger partial charge in [0.2, 0.25) is 0 Å². The van der Waals surface area contributed by atoms with Gasteiger partial charge in [0.1, 0.15) is 0 Å². The zero-order chi connectivity index (χ0) is 5.15. The van der Waals surface area contributed by atoms with Crippen molar-refractivity contribution in [1.29, 1.82) is 0 Å². The predicted octanol–water partition coefficient (Wildman–Crippen LogP) is -0.888. The Bertz CT molecular complexity index is 84.5. The van der Waals surface area contributed by atoms with Crippen LogP contribution in [0, 0.1) is 0 Å². The zero-order valence-corrected chi connectivity index (χ0v) is 5.63. The quantitative estimate of drug-likeness (QED) is 0.332. The second-order valence-electron chi connectivity index (χ2n) is 0.610. The average Bonchev–Trinajstić information content (AvgIpc) is 1.36. The number of hydrogen-bond donors (Lipinski definition) is 2. The van der Waals surface area contributed by atoms with Gasteiger partial charge in [0.05, 0.1) is 0 Å². The van der Waals surface area contributed by atoms with Crippen molar-refractivity contribution >= 4 is 49.7 Å². The van der Waals surface area contributed by atoms with E-state index in [4.69, 9.17) is 19.8 Å². The number of carboxylic acid groups (broad SMARTS) is 2. The van der Waals surface area contributed by atoms with Crippen molar-refractivity contribution in [2.45, 2.75) is 0 Å². The summed E-state index contributed by atoms with van der Waals surface area (Å²) in [6.45, 7) is 0. The smallest absolute Gasteiger partial charge is 1.00 e. The molecule has 38 valence electrons. The van der Waals surface area contributed by atoms with E-state index < -0.39 is 11.9 Å². The predicted molar refractivity (Wildman–Crippen MR) is 24.4 cm³/mol. The molecule has 0 saturated carbocycles. The minimum Gasteiger partial charge on any atom is -1.00 e. The van der Waals surface area contributed by atoms with Gasteiger partial charge in [0.25, 0.3) is 0 Å². The number of carboxylic acids is 2. The Labute approximate surface area is 73.6 Å². The molecular formula is C2H5CaO4+. The van der Waals surface area contributed by atoms with Crippen molar-refractivity contribution < 1.29 is 24.1 Å². The van der Waals surface area contributed by atoms with Gasteiger partial charge in [-0.25, -0.2) is 9.59 Å². The summed E-state index contributed by atoms with van der Waals surface area (Å²) in [5.74, 6) is -3.65. The topological polar surface area (TPSA) is 74.6 Å². The monoisotopic (exact) mass is 133 g/mol. The first-order valence-electron chi connectivity index (χ1n) is 1.11. The van der Waals surface area contributed by atoms with E-state index in [1.807, 2.05) is 0 Å². The Kier molecular flexibility index (Phi) is 6.38. The van der Waals surface area contributed by atoms with Crippen LogP contribution in [0.3, 0.4) is 0 Å². The van der Waals surface area contributed by atoms with Gasteiger partial charge in [-0.1, -0.05) is 0 Å². The van der Waals surface area contributed by atoms with E-state index in [0.717, 1.165) is 0 Å². The third-order valence-corrected chi connectivity index (χ3v) is 0.183. The fourth-order valence-corrected chi connectivity index (χ4v) is 0. The first-order valence-corrected chi connectivity index (χ1v) is 1.11. The van der Waals surface area contributed by atoms with E-state index in [9.17, 15) is 0 Å². The number of aliphatic carboxylic acids is 2. The molecule has 0 aliphatic heterocycles. The van der Waals surface area contributed by atoms with E-state index in [-0.39, 0.29) is 42.0 Å². The molecule has 0 heterocycles. The molecule has 0 saturated heterocycles. The Morgan fingerprint density at radius 2 is 1.43 bits per heavy atom. The summed E-state index contributed by atoms with van der Waals surface area (Å²) >= 11 is 0. The molecule has 0 aromatic carbocycles. The van der Waals surface area contributed by atoms with Crippen LogP contribution in [0.4, 0.5) is 0 Å². The standard InChI is InChI=1S/C2H2O4.Ca.2H/c3-1(4)2(5)6;;;/h(H,3,4)(H,5,6);;;/q;+2;2*-1/p+1. The van der Waals surface area contributed by atoms with Crippen molar-refractivity contribution in [3.8, 4) is 0 Å². The fraction of sp³-hybridized carbons (Fsp3) is 0. The molecule has 0 bridgehead atoms. The molecule has 0 spiro atoms. The fourth-order valence-electron chi connectivity index (χ4n) is 0. The number of carbonyl (C=O) groups is 2. The molecule has 2 N–H and O–H groups in total. The molecule has 0 atom stereocenters. The van der Waals surface area contributed by atoms with Gasteiger partial charge in [-0.2, -0.15) is 0 Å². The Morgan fingerprint density at radius 3 is 1.43 bits per heavy atom. The third kappa shape index (κ3) is 6.20. The minimum atomic E-state index is -1.82. The maximum absolute atomic E-state index is 9.10. The van der Waals surface area contributed by atoms with Crippen molar-refractivity contribution in [3.05, 3.63) is 0 Å². The molecule has 0 unspecified atom stereocenters. The minimum absolute atomic E-state index is 0. The van der Waals surface area contributed by atoms with Crippen LogP contribution in [-0.2, 0) is 9.59 Å². The second kappa shape index (κ2) is 4.36. The summed E-state index contributed by atoms with van der Waals surface area (Å²) in [7, 11) is 0. The van der Waals surface area contributed by atoms with Gasteiger partial charge in [0, 0.05) is 0 Å². The normalized spacial score (nSPS) is 6.29. The zero-order valence-electron chi connectivity index (χ0n) is 6.42. The van der Waals surface area contributed by atoms with Crippen LogP contribution in [0.15, 0.2) is 0 Å². The Hall–Kier alpha value is 0.200. The molecule has 4 nitrogen and oxygen atoms in total. The van der Waals surface area contributed by atoms with E-state index in [1.165, 1.54) is 0 Å². The molecular weight excluding hydrogens is 128 g/mol. The van der Waals surface area contributed by atoms with Crippen molar-refractivity contribution in [2.24, 2.45) is 0 Å². The van der Waals surface area contributed by atoms with Crippen molar-refractivity contribution in [1.82, 2.24) is 0 Å². The van der Waals surface area contributed by atoms with Crippen LogP contribution in [0.25, 0.3) is 0 Å². The summed E-state index contributed by atoms with van der Waals surface area (Å²) in [6, 6.07) is 0. The van der Waals surface area contributed by atoms with Gasteiger partial charge in [-0.05, 0) is 0 Å². The van der Waals surface area contributed by atoms with Crippen LogP contribution < -0.4 is 0 Å². The summed E-state index contributed by atoms with van der Waals surface area (Å²) in [5, 5.41) is 14.8. The summed E-state index contributed by atoms with van der Waals surface area (Å²) < 4.78 is 0. The third-order valence-electron chi connectivity index (χ3n) is 0.183. The van der Waals surface area contributed by atoms with Gasteiger partial charge in [-0.3, -0.25) is 0 Å². The SMILES string of the molecule is O=C(O)C(=O)O.[Ca+2].[H+].[H-].[H-].